The molecule has 0 amide bonds. The molecule has 1 aliphatic rings. The molecule has 18 heavy (non-hydrogen) atoms. The van der Waals surface area contributed by atoms with Crippen molar-refractivity contribution in [2.24, 2.45) is 0 Å². The summed E-state index contributed by atoms with van der Waals surface area (Å²) < 4.78 is 16.6. The van der Waals surface area contributed by atoms with Gasteiger partial charge in [0, 0.05) is 6.42 Å². The molecule has 0 spiro atoms. The molecular formula is C14H20O4. The summed E-state index contributed by atoms with van der Waals surface area (Å²) in [6.07, 6.45) is 0.306. The first-order valence-electron chi connectivity index (χ1n) is 6.31. The molecule has 1 N–H and O–H groups in total. The van der Waals surface area contributed by atoms with Gasteiger partial charge in [0.1, 0.15) is 6.10 Å². The molecule has 1 aliphatic heterocycles. The fourth-order valence-electron chi connectivity index (χ4n) is 1.88. The van der Waals surface area contributed by atoms with E-state index < -0.39 is 0 Å². The van der Waals surface area contributed by atoms with Gasteiger partial charge in [-0.25, -0.2) is 0 Å². The molecule has 2 rings (SSSR count). The summed E-state index contributed by atoms with van der Waals surface area (Å²) in [4.78, 5) is 0. The number of rotatable bonds is 6. The van der Waals surface area contributed by atoms with Crippen LogP contribution in [0.2, 0.25) is 0 Å². The van der Waals surface area contributed by atoms with E-state index in [-0.39, 0.29) is 25.1 Å². The van der Waals surface area contributed by atoms with Crippen molar-refractivity contribution >= 4 is 0 Å². The zero-order chi connectivity index (χ0) is 12.8. The second kappa shape index (κ2) is 6.85. The maximum Gasteiger partial charge on any atom is 0.160 e. The molecule has 0 aliphatic carbocycles. The molecule has 100 valence electrons. The molecule has 1 aromatic carbocycles. The molecule has 0 bridgehead atoms. The Morgan fingerprint density at radius 1 is 1.39 bits per heavy atom. The van der Waals surface area contributed by atoms with Gasteiger partial charge >= 0.3 is 0 Å². The van der Waals surface area contributed by atoms with Gasteiger partial charge in [0.2, 0.25) is 0 Å². The van der Waals surface area contributed by atoms with Crippen molar-refractivity contribution in [3.8, 4) is 0 Å². The summed E-state index contributed by atoms with van der Waals surface area (Å²) in [5, 5.41) is 8.93. The SMILES string of the molecule is CC(C[C@H]1OC[C@H](CO)O1)OCc1ccccc1. The van der Waals surface area contributed by atoms with Gasteiger partial charge in [-0.2, -0.15) is 0 Å². The first-order valence-corrected chi connectivity index (χ1v) is 6.31. The van der Waals surface area contributed by atoms with Crippen LogP contribution in [0.4, 0.5) is 0 Å². The molecule has 1 heterocycles. The highest BCUT2D eigenvalue weighted by atomic mass is 16.7. The lowest BCUT2D eigenvalue weighted by Gasteiger charge is -2.17. The number of hydrogen-bond acceptors (Lipinski definition) is 4. The van der Waals surface area contributed by atoms with Crippen LogP contribution in [-0.2, 0) is 20.8 Å². The summed E-state index contributed by atoms with van der Waals surface area (Å²) >= 11 is 0. The molecular weight excluding hydrogens is 232 g/mol. The van der Waals surface area contributed by atoms with E-state index in [0.717, 1.165) is 5.56 Å². The molecule has 1 unspecified atom stereocenters. The predicted octanol–water partition coefficient (Wildman–Crippen LogP) is 1.72. The van der Waals surface area contributed by atoms with E-state index in [9.17, 15) is 0 Å². The molecule has 1 saturated heterocycles. The van der Waals surface area contributed by atoms with Gasteiger partial charge in [-0.05, 0) is 12.5 Å². The first kappa shape index (κ1) is 13.5. The molecule has 0 saturated carbocycles. The topological polar surface area (TPSA) is 47.9 Å². The fourth-order valence-corrected chi connectivity index (χ4v) is 1.88. The van der Waals surface area contributed by atoms with E-state index in [1.807, 2.05) is 37.3 Å². The van der Waals surface area contributed by atoms with Crippen molar-refractivity contribution in [1.82, 2.24) is 0 Å². The lowest BCUT2D eigenvalue weighted by atomic mass is 10.2. The Morgan fingerprint density at radius 2 is 2.17 bits per heavy atom. The summed E-state index contributed by atoms with van der Waals surface area (Å²) in [5.74, 6) is 0. The summed E-state index contributed by atoms with van der Waals surface area (Å²) in [7, 11) is 0. The largest absolute Gasteiger partial charge is 0.394 e. The molecule has 3 atom stereocenters. The van der Waals surface area contributed by atoms with Crippen LogP contribution >= 0.6 is 0 Å². The maximum atomic E-state index is 8.93. The van der Waals surface area contributed by atoms with Crippen molar-refractivity contribution in [3.63, 3.8) is 0 Å². The van der Waals surface area contributed by atoms with Gasteiger partial charge in [-0.1, -0.05) is 30.3 Å². The van der Waals surface area contributed by atoms with E-state index >= 15 is 0 Å². The van der Waals surface area contributed by atoms with E-state index in [0.29, 0.717) is 19.6 Å². The Balaban J connectivity index is 1.68. The maximum absolute atomic E-state index is 8.93. The number of aliphatic hydroxyl groups excluding tert-OH is 1. The van der Waals surface area contributed by atoms with Crippen molar-refractivity contribution in [2.45, 2.75) is 38.4 Å². The van der Waals surface area contributed by atoms with Gasteiger partial charge in [0.05, 0.1) is 25.9 Å². The van der Waals surface area contributed by atoms with E-state index in [4.69, 9.17) is 19.3 Å². The van der Waals surface area contributed by atoms with E-state index in [1.165, 1.54) is 0 Å². The Hall–Kier alpha value is -0.940. The zero-order valence-corrected chi connectivity index (χ0v) is 10.6. The highest BCUT2D eigenvalue weighted by Crippen LogP contribution is 2.17. The van der Waals surface area contributed by atoms with Crippen LogP contribution in [0, 0.1) is 0 Å². The molecule has 1 aromatic rings. The molecule has 0 radical (unpaired) electrons. The zero-order valence-electron chi connectivity index (χ0n) is 10.6. The van der Waals surface area contributed by atoms with Crippen LogP contribution in [-0.4, -0.2) is 36.8 Å². The normalized spacial score (nSPS) is 25.2. The Bertz CT molecular complexity index is 341. The van der Waals surface area contributed by atoms with Gasteiger partial charge in [-0.15, -0.1) is 0 Å². The van der Waals surface area contributed by atoms with Crippen molar-refractivity contribution < 1.29 is 19.3 Å². The molecule has 0 aromatic heterocycles. The Morgan fingerprint density at radius 3 is 2.83 bits per heavy atom. The lowest BCUT2D eigenvalue weighted by molar-refractivity contribution is -0.0978. The molecule has 1 fully saturated rings. The van der Waals surface area contributed by atoms with Crippen LogP contribution in [0.3, 0.4) is 0 Å². The Kier molecular flexibility index (Phi) is 5.13. The molecule has 4 nitrogen and oxygen atoms in total. The minimum absolute atomic E-state index is 0.00968. The predicted molar refractivity (Wildman–Crippen MR) is 67.0 cm³/mol. The van der Waals surface area contributed by atoms with E-state index in [2.05, 4.69) is 0 Å². The third kappa shape index (κ3) is 4.07. The van der Waals surface area contributed by atoms with Gasteiger partial charge in [0.15, 0.2) is 6.29 Å². The highest BCUT2D eigenvalue weighted by Gasteiger charge is 2.26. The first-order chi connectivity index (χ1) is 8.78. The van der Waals surface area contributed by atoms with Crippen molar-refractivity contribution in [3.05, 3.63) is 35.9 Å². The quantitative estimate of drug-likeness (QED) is 0.837. The second-order valence-electron chi connectivity index (χ2n) is 4.55. The average Bonchev–Trinajstić information content (AvgIpc) is 2.85. The van der Waals surface area contributed by atoms with Crippen LogP contribution in [0.1, 0.15) is 18.9 Å². The fraction of sp³-hybridized carbons (Fsp3) is 0.571. The smallest absolute Gasteiger partial charge is 0.160 e. The minimum Gasteiger partial charge on any atom is -0.394 e. The van der Waals surface area contributed by atoms with Crippen molar-refractivity contribution in [1.29, 1.82) is 0 Å². The van der Waals surface area contributed by atoms with Gasteiger partial charge < -0.3 is 19.3 Å². The lowest BCUT2D eigenvalue weighted by Crippen LogP contribution is -2.21. The standard InChI is InChI=1S/C14H20O4/c1-11(7-14-17-10-13(8-15)18-14)16-9-12-5-3-2-4-6-12/h2-6,11,13-15H,7-10H2,1H3/t11?,13-,14-/m0/s1. The summed E-state index contributed by atoms with van der Waals surface area (Å²) in [6, 6.07) is 10.1. The third-order valence-electron chi connectivity index (χ3n) is 2.92. The number of benzene rings is 1. The van der Waals surface area contributed by atoms with E-state index in [1.54, 1.807) is 0 Å². The summed E-state index contributed by atoms with van der Waals surface area (Å²) in [5.41, 5.74) is 1.16. The minimum atomic E-state index is -0.257. The Labute approximate surface area is 107 Å². The van der Waals surface area contributed by atoms with Crippen LogP contribution in [0.25, 0.3) is 0 Å². The summed E-state index contributed by atoms with van der Waals surface area (Å²) in [6.45, 7) is 3.07. The number of hydrogen-bond donors (Lipinski definition) is 1. The van der Waals surface area contributed by atoms with Crippen LogP contribution in [0.15, 0.2) is 30.3 Å². The van der Waals surface area contributed by atoms with Crippen LogP contribution < -0.4 is 0 Å². The average molecular weight is 252 g/mol. The third-order valence-corrected chi connectivity index (χ3v) is 2.92. The second-order valence-corrected chi connectivity index (χ2v) is 4.55. The number of aliphatic hydroxyl groups is 1. The van der Waals surface area contributed by atoms with Crippen LogP contribution in [0.5, 0.6) is 0 Å². The molecule has 4 heteroatoms. The monoisotopic (exact) mass is 252 g/mol. The van der Waals surface area contributed by atoms with Gasteiger partial charge in [-0.3, -0.25) is 0 Å². The highest BCUT2D eigenvalue weighted by molar-refractivity contribution is 5.13. The van der Waals surface area contributed by atoms with Crippen molar-refractivity contribution in [2.75, 3.05) is 13.2 Å². The van der Waals surface area contributed by atoms with Gasteiger partial charge in [0.25, 0.3) is 0 Å². The number of ether oxygens (including phenoxy) is 3.